The Morgan fingerprint density at radius 2 is 1.96 bits per heavy atom. The maximum atomic E-state index is 13.0. The molecule has 26 heavy (non-hydrogen) atoms. The van der Waals surface area contributed by atoms with Crippen molar-refractivity contribution in [3.05, 3.63) is 74.0 Å². The highest BCUT2D eigenvalue weighted by Gasteiger charge is 2.18. The lowest BCUT2D eigenvalue weighted by Crippen LogP contribution is -2.12. The zero-order valence-electron chi connectivity index (χ0n) is 13.3. The fraction of sp³-hybridized carbons (Fsp3) is 0.0588. The molecule has 0 unspecified atom stereocenters. The molecule has 1 heterocycles. The minimum Gasteiger partial charge on any atom is -0.320 e. The molecule has 0 saturated carbocycles. The number of amides is 1. The molecule has 3 aromatic rings. The Labute approximate surface area is 156 Å². The molecule has 0 aliphatic carbocycles. The van der Waals surface area contributed by atoms with Gasteiger partial charge in [-0.15, -0.1) is 11.3 Å². The van der Waals surface area contributed by atoms with Gasteiger partial charge < -0.3 is 5.32 Å². The molecule has 0 aliphatic heterocycles. The number of anilines is 1. The molecule has 0 fully saturated rings. The summed E-state index contributed by atoms with van der Waals surface area (Å²) in [6.45, 7) is 1.69. The summed E-state index contributed by atoms with van der Waals surface area (Å²) in [5, 5.41) is 14.0. The molecule has 9 heteroatoms. The van der Waals surface area contributed by atoms with E-state index in [1.165, 1.54) is 30.3 Å². The first-order valence-corrected chi connectivity index (χ1v) is 8.53. The number of thiazole rings is 1. The number of hydrogen-bond acceptors (Lipinski definition) is 5. The van der Waals surface area contributed by atoms with Gasteiger partial charge in [0.05, 0.1) is 21.3 Å². The van der Waals surface area contributed by atoms with Gasteiger partial charge in [0.1, 0.15) is 15.7 Å². The van der Waals surface area contributed by atoms with E-state index in [1.54, 1.807) is 19.1 Å². The number of nitro benzene ring substituents is 1. The average molecular weight is 392 g/mol. The van der Waals surface area contributed by atoms with Crippen LogP contribution in [-0.4, -0.2) is 15.8 Å². The monoisotopic (exact) mass is 391 g/mol. The third-order valence-corrected chi connectivity index (χ3v) is 5.02. The van der Waals surface area contributed by atoms with Crippen LogP contribution in [0.15, 0.2) is 42.5 Å². The highest BCUT2D eigenvalue weighted by Crippen LogP contribution is 2.31. The zero-order chi connectivity index (χ0) is 18.8. The van der Waals surface area contributed by atoms with E-state index in [4.69, 9.17) is 11.6 Å². The van der Waals surface area contributed by atoms with Crippen LogP contribution in [0, 0.1) is 22.9 Å². The summed E-state index contributed by atoms with van der Waals surface area (Å²) in [5.41, 5.74) is 1.32. The number of carbonyl (C=O) groups excluding carboxylic acids is 1. The molecule has 132 valence electrons. The van der Waals surface area contributed by atoms with Crippen LogP contribution in [0.3, 0.4) is 0 Å². The van der Waals surface area contributed by atoms with E-state index in [1.807, 2.05) is 0 Å². The van der Waals surface area contributed by atoms with Crippen molar-refractivity contribution in [2.45, 2.75) is 6.92 Å². The molecule has 1 amide bonds. The van der Waals surface area contributed by atoms with Crippen molar-refractivity contribution in [2.75, 3.05) is 5.32 Å². The molecule has 3 rings (SSSR count). The predicted molar refractivity (Wildman–Crippen MR) is 98.3 cm³/mol. The van der Waals surface area contributed by atoms with E-state index >= 15 is 0 Å². The first-order valence-electron chi connectivity index (χ1n) is 7.34. The number of benzene rings is 2. The number of nitro groups is 1. The molecule has 0 aliphatic rings. The van der Waals surface area contributed by atoms with Gasteiger partial charge in [-0.2, -0.15) is 0 Å². The molecule has 6 nitrogen and oxygen atoms in total. The molecule has 0 spiro atoms. The van der Waals surface area contributed by atoms with Crippen LogP contribution in [0.4, 0.5) is 15.8 Å². The lowest BCUT2D eigenvalue weighted by molar-refractivity contribution is -0.384. The van der Waals surface area contributed by atoms with Gasteiger partial charge in [-0.3, -0.25) is 14.9 Å². The van der Waals surface area contributed by atoms with Crippen molar-refractivity contribution in [2.24, 2.45) is 0 Å². The van der Waals surface area contributed by atoms with Crippen molar-refractivity contribution in [3.8, 4) is 10.6 Å². The summed E-state index contributed by atoms with van der Waals surface area (Å²) in [6, 6.07) is 9.61. The number of non-ortho nitro benzene ring substituents is 1. The van der Waals surface area contributed by atoms with Gasteiger partial charge in [-0.1, -0.05) is 11.6 Å². The summed E-state index contributed by atoms with van der Waals surface area (Å²) in [4.78, 5) is 27.4. The Hall–Kier alpha value is -2.84. The van der Waals surface area contributed by atoms with Gasteiger partial charge in [0, 0.05) is 17.7 Å². The van der Waals surface area contributed by atoms with Crippen molar-refractivity contribution in [1.82, 2.24) is 4.98 Å². The van der Waals surface area contributed by atoms with Crippen LogP contribution in [0.25, 0.3) is 10.6 Å². The Balaban J connectivity index is 1.84. The van der Waals surface area contributed by atoms with Crippen molar-refractivity contribution in [3.63, 3.8) is 0 Å². The Bertz CT molecular complexity index is 1000. The number of rotatable bonds is 4. The topological polar surface area (TPSA) is 85.1 Å². The van der Waals surface area contributed by atoms with Crippen LogP contribution in [-0.2, 0) is 0 Å². The van der Waals surface area contributed by atoms with Gasteiger partial charge in [0.15, 0.2) is 0 Å². The first kappa shape index (κ1) is 18.0. The van der Waals surface area contributed by atoms with E-state index in [0.717, 1.165) is 11.3 Å². The minimum absolute atomic E-state index is 0.0634. The predicted octanol–water partition coefficient (Wildman–Crippen LogP) is 5.07. The first-order chi connectivity index (χ1) is 12.3. The van der Waals surface area contributed by atoms with Crippen LogP contribution in [0.2, 0.25) is 5.02 Å². The van der Waals surface area contributed by atoms with Gasteiger partial charge >= 0.3 is 0 Å². The van der Waals surface area contributed by atoms with Crippen LogP contribution in [0.5, 0.6) is 0 Å². The zero-order valence-corrected chi connectivity index (χ0v) is 14.9. The molecule has 0 radical (unpaired) electrons. The molecule has 0 saturated heterocycles. The number of halogens is 2. The highest BCUT2D eigenvalue weighted by molar-refractivity contribution is 7.17. The Morgan fingerprint density at radius 1 is 1.27 bits per heavy atom. The molecular formula is C17H11ClFN3O3S. The number of nitrogens with one attached hydrogen (secondary N) is 1. The normalized spacial score (nSPS) is 10.6. The third kappa shape index (κ3) is 3.71. The molecule has 1 N–H and O–H groups in total. The summed E-state index contributed by atoms with van der Waals surface area (Å²) in [5.74, 6) is -0.781. The maximum absolute atomic E-state index is 13.0. The molecule has 0 atom stereocenters. The van der Waals surface area contributed by atoms with E-state index in [0.29, 0.717) is 21.1 Å². The second-order valence-corrected chi connectivity index (χ2v) is 6.72. The van der Waals surface area contributed by atoms with Crippen molar-refractivity contribution < 1.29 is 14.1 Å². The fourth-order valence-electron chi connectivity index (χ4n) is 2.22. The van der Waals surface area contributed by atoms with Gasteiger partial charge in [-0.25, -0.2) is 9.37 Å². The number of carbonyl (C=O) groups is 1. The Kier molecular flexibility index (Phi) is 4.97. The van der Waals surface area contributed by atoms with Gasteiger partial charge in [0.25, 0.3) is 11.6 Å². The van der Waals surface area contributed by atoms with Crippen LogP contribution >= 0.6 is 22.9 Å². The largest absolute Gasteiger partial charge is 0.320 e. The number of nitrogens with zero attached hydrogens (tertiary/aromatic N) is 2. The van der Waals surface area contributed by atoms with Gasteiger partial charge in [-0.05, 0) is 37.3 Å². The van der Waals surface area contributed by atoms with Crippen LogP contribution in [0.1, 0.15) is 15.4 Å². The van der Waals surface area contributed by atoms with E-state index in [2.05, 4.69) is 10.3 Å². The third-order valence-electron chi connectivity index (χ3n) is 3.51. The van der Waals surface area contributed by atoms with E-state index in [-0.39, 0.29) is 22.2 Å². The number of hydrogen-bond donors (Lipinski definition) is 1. The average Bonchev–Trinajstić information content (AvgIpc) is 2.99. The summed E-state index contributed by atoms with van der Waals surface area (Å²) < 4.78 is 13.0. The van der Waals surface area contributed by atoms with E-state index < -0.39 is 10.8 Å². The molecule has 0 bridgehead atoms. The number of aromatic nitrogens is 1. The quantitative estimate of drug-likeness (QED) is 0.497. The van der Waals surface area contributed by atoms with Crippen LogP contribution < -0.4 is 5.32 Å². The van der Waals surface area contributed by atoms with Crippen molar-refractivity contribution in [1.29, 1.82) is 0 Å². The summed E-state index contributed by atoms with van der Waals surface area (Å²) >= 11 is 7.16. The smallest absolute Gasteiger partial charge is 0.271 e. The molecule has 1 aromatic heterocycles. The molecular weight excluding hydrogens is 381 g/mol. The second kappa shape index (κ2) is 7.19. The number of aryl methyl sites for hydroxylation is 1. The second-order valence-electron chi connectivity index (χ2n) is 5.32. The maximum Gasteiger partial charge on any atom is 0.271 e. The van der Waals surface area contributed by atoms with Gasteiger partial charge in [0.2, 0.25) is 0 Å². The lowest BCUT2D eigenvalue weighted by Gasteiger charge is -2.06. The fourth-order valence-corrected chi connectivity index (χ4v) is 3.41. The SMILES string of the molecule is Cc1nc(-c2ccc(F)cc2)sc1C(=O)Nc1ccc([N+](=O)[O-])cc1Cl. The summed E-state index contributed by atoms with van der Waals surface area (Å²) in [7, 11) is 0. The van der Waals surface area contributed by atoms with E-state index in [9.17, 15) is 19.3 Å². The standard InChI is InChI=1S/C17H11ClFN3O3S/c1-9-15(26-17(20-9)10-2-4-11(19)5-3-10)16(23)21-14-7-6-12(22(24)25)8-13(14)18/h2-8H,1H3,(H,21,23). The van der Waals surface area contributed by atoms with Crippen molar-refractivity contribution >= 4 is 40.2 Å². The summed E-state index contributed by atoms with van der Waals surface area (Å²) in [6.07, 6.45) is 0. The Morgan fingerprint density at radius 3 is 2.58 bits per heavy atom. The molecule has 2 aromatic carbocycles. The minimum atomic E-state index is -0.570. The lowest BCUT2D eigenvalue weighted by atomic mass is 10.2. The highest BCUT2D eigenvalue weighted by atomic mass is 35.5.